The molecule has 0 saturated carbocycles. The maximum atomic E-state index is 14.0. The third-order valence-electron chi connectivity index (χ3n) is 3.16. The first-order valence-electron chi connectivity index (χ1n) is 5.36. The number of halogens is 3. The van der Waals surface area contributed by atoms with Crippen molar-refractivity contribution in [1.29, 1.82) is 0 Å². The van der Waals surface area contributed by atoms with Crippen LogP contribution in [0, 0.1) is 17.5 Å². The van der Waals surface area contributed by atoms with Crippen molar-refractivity contribution in [2.24, 2.45) is 0 Å². The van der Waals surface area contributed by atoms with E-state index in [4.69, 9.17) is 0 Å². The molecule has 1 aromatic carbocycles. The molecule has 0 spiro atoms. The zero-order valence-corrected chi connectivity index (χ0v) is 11.4. The van der Waals surface area contributed by atoms with Crippen LogP contribution in [-0.2, 0) is 5.31 Å². The fourth-order valence-electron chi connectivity index (χ4n) is 1.72. The van der Waals surface area contributed by atoms with Crippen molar-refractivity contribution in [2.45, 2.75) is 25.6 Å². The molecule has 0 heterocycles. The van der Waals surface area contributed by atoms with Gasteiger partial charge in [-0.15, -0.1) is 9.24 Å². The summed E-state index contributed by atoms with van der Waals surface area (Å²) >= 11 is 0. The molecule has 0 nitrogen and oxygen atoms in total. The van der Waals surface area contributed by atoms with Gasteiger partial charge in [-0.3, -0.25) is 0 Å². The number of benzene rings is 1. The van der Waals surface area contributed by atoms with Gasteiger partial charge in [0, 0.05) is 10.9 Å². The van der Waals surface area contributed by atoms with Crippen LogP contribution in [0.5, 0.6) is 0 Å². The van der Waals surface area contributed by atoms with Crippen LogP contribution in [0.2, 0.25) is 0 Å². The standard InChI is InChI=1S/C12H15BF3P/c1-4-6-8(14)10(16)7(11(17)9(6)15)12(3,13)5-2/h4H,1,5,13,17H2,2-3H3. The smallest absolute Gasteiger partial charge is 0.169 e. The van der Waals surface area contributed by atoms with E-state index in [9.17, 15) is 13.2 Å². The Morgan fingerprint density at radius 3 is 2.24 bits per heavy atom. The summed E-state index contributed by atoms with van der Waals surface area (Å²) in [6.07, 6.45) is 1.57. The van der Waals surface area contributed by atoms with Crippen molar-refractivity contribution in [2.75, 3.05) is 0 Å². The van der Waals surface area contributed by atoms with Crippen molar-refractivity contribution >= 4 is 28.5 Å². The molecule has 0 aliphatic heterocycles. The van der Waals surface area contributed by atoms with Crippen LogP contribution in [0.25, 0.3) is 6.08 Å². The Morgan fingerprint density at radius 2 is 1.82 bits per heavy atom. The molecule has 0 bridgehead atoms. The Balaban J connectivity index is 3.71. The van der Waals surface area contributed by atoms with Crippen LogP contribution in [-0.4, -0.2) is 7.85 Å². The van der Waals surface area contributed by atoms with Crippen molar-refractivity contribution < 1.29 is 13.2 Å². The van der Waals surface area contributed by atoms with Gasteiger partial charge in [0.1, 0.15) is 13.7 Å². The Hall–Kier alpha value is -0.755. The minimum atomic E-state index is -1.17. The van der Waals surface area contributed by atoms with Crippen molar-refractivity contribution in [3.8, 4) is 0 Å². The van der Waals surface area contributed by atoms with Gasteiger partial charge >= 0.3 is 0 Å². The molecule has 0 amide bonds. The number of rotatable bonds is 3. The normalized spacial score (nSPS) is 14.5. The second-order valence-corrected chi connectivity index (χ2v) is 5.16. The molecule has 0 aliphatic rings. The van der Waals surface area contributed by atoms with Gasteiger partial charge in [-0.1, -0.05) is 32.9 Å². The quantitative estimate of drug-likeness (QED) is 0.444. The monoisotopic (exact) mass is 258 g/mol. The minimum absolute atomic E-state index is 0.0746. The highest BCUT2D eigenvalue weighted by molar-refractivity contribution is 7.27. The molecule has 0 N–H and O–H groups in total. The highest BCUT2D eigenvalue weighted by atomic mass is 31.0. The molecule has 0 fully saturated rings. The summed E-state index contributed by atoms with van der Waals surface area (Å²) in [5.74, 6) is -2.92. The lowest BCUT2D eigenvalue weighted by Gasteiger charge is -2.27. The number of hydrogen-bond donors (Lipinski definition) is 0. The van der Waals surface area contributed by atoms with Gasteiger partial charge in [-0.05, 0) is 10.9 Å². The third-order valence-corrected chi connectivity index (χ3v) is 3.70. The summed E-state index contributed by atoms with van der Waals surface area (Å²) in [4.78, 5) is 0. The number of hydrogen-bond acceptors (Lipinski definition) is 0. The first-order chi connectivity index (χ1) is 7.77. The Labute approximate surface area is 103 Å². The zero-order chi connectivity index (χ0) is 13.4. The molecule has 2 atom stereocenters. The van der Waals surface area contributed by atoms with Crippen LogP contribution < -0.4 is 5.30 Å². The van der Waals surface area contributed by atoms with E-state index in [1.807, 2.05) is 6.92 Å². The first kappa shape index (κ1) is 14.3. The summed E-state index contributed by atoms with van der Waals surface area (Å²) in [7, 11) is 3.91. The largest absolute Gasteiger partial charge is 0.206 e. The second-order valence-electron chi connectivity index (χ2n) is 4.59. The summed E-state index contributed by atoms with van der Waals surface area (Å²) in [5.41, 5.74) is -0.339. The summed E-state index contributed by atoms with van der Waals surface area (Å²) < 4.78 is 41.5. The average molecular weight is 258 g/mol. The first-order valence-corrected chi connectivity index (χ1v) is 5.94. The van der Waals surface area contributed by atoms with Gasteiger partial charge in [0.25, 0.3) is 0 Å². The molecule has 1 rings (SSSR count). The van der Waals surface area contributed by atoms with E-state index in [0.717, 1.165) is 6.08 Å². The predicted octanol–water partition coefficient (Wildman–Crippen LogP) is 2.51. The Kier molecular flexibility index (Phi) is 4.08. The maximum Gasteiger partial charge on any atom is 0.169 e. The molecule has 92 valence electrons. The average Bonchev–Trinajstić information content (AvgIpc) is 2.27. The van der Waals surface area contributed by atoms with Gasteiger partial charge in [-0.25, -0.2) is 13.2 Å². The van der Waals surface area contributed by atoms with E-state index in [1.54, 1.807) is 14.8 Å². The predicted molar refractivity (Wildman–Crippen MR) is 71.9 cm³/mol. The molecule has 0 aliphatic carbocycles. The van der Waals surface area contributed by atoms with Crippen molar-refractivity contribution in [1.82, 2.24) is 0 Å². The summed E-state index contributed by atoms with van der Waals surface area (Å²) in [6, 6.07) is 0. The van der Waals surface area contributed by atoms with Crippen LogP contribution >= 0.6 is 9.24 Å². The molecule has 1 aromatic rings. The van der Waals surface area contributed by atoms with Crippen LogP contribution in [0.1, 0.15) is 31.4 Å². The van der Waals surface area contributed by atoms with Crippen LogP contribution in [0.15, 0.2) is 6.58 Å². The van der Waals surface area contributed by atoms with E-state index in [1.165, 1.54) is 0 Å². The van der Waals surface area contributed by atoms with E-state index >= 15 is 0 Å². The van der Waals surface area contributed by atoms with Gasteiger partial charge in [-0.2, -0.15) is 0 Å². The SMILES string of the molecule is BC(C)(CC)c1c(F)c(F)c(C=C)c(F)c1P. The Morgan fingerprint density at radius 1 is 1.29 bits per heavy atom. The van der Waals surface area contributed by atoms with Gasteiger partial charge in [0.2, 0.25) is 0 Å². The molecular formula is C12H15BF3P. The summed E-state index contributed by atoms with van der Waals surface area (Å²) in [5, 5.41) is -0.548. The third kappa shape index (κ3) is 2.28. The van der Waals surface area contributed by atoms with Crippen LogP contribution in [0.3, 0.4) is 0 Å². The van der Waals surface area contributed by atoms with Crippen molar-refractivity contribution in [3.05, 3.63) is 35.2 Å². The molecule has 17 heavy (non-hydrogen) atoms. The molecule has 0 radical (unpaired) electrons. The molecular weight excluding hydrogens is 243 g/mol. The van der Waals surface area contributed by atoms with Gasteiger partial charge in [0.05, 0.1) is 0 Å². The van der Waals surface area contributed by atoms with Crippen molar-refractivity contribution in [3.63, 3.8) is 0 Å². The van der Waals surface area contributed by atoms with Gasteiger partial charge < -0.3 is 0 Å². The highest BCUT2D eigenvalue weighted by Gasteiger charge is 2.30. The van der Waals surface area contributed by atoms with E-state index in [-0.39, 0.29) is 10.9 Å². The highest BCUT2D eigenvalue weighted by Crippen LogP contribution is 2.30. The topological polar surface area (TPSA) is 0 Å². The lowest BCUT2D eigenvalue weighted by atomic mass is 9.63. The van der Waals surface area contributed by atoms with E-state index in [0.29, 0.717) is 6.42 Å². The van der Waals surface area contributed by atoms with E-state index < -0.39 is 28.3 Å². The minimum Gasteiger partial charge on any atom is -0.206 e. The maximum absolute atomic E-state index is 14.0. The fourth-order valence-corrected chi connectivity index (χ4v) is 2.39. The molecule has 5 heteroatoms. The fraction of sp³-hybridized carbons (Fsp3) is 0.333. The summed E-state index contributed by atoms with van der Waals surface area (Å²) in [6.45, 7) is 6.89. The Bertz CT molecular complexity index is 440. The second kappa shape index (κ2) is 4.85. The molecule has 2 unspecified atom stereocenters. The lowest BCUT2D eigenvalue weighted by molar-refractivity contribution is 0.468. The molecule has 0 aromatic heterocycles. The molecule has 0 saturated heterocycles. The lowest BCUT2D eigenvalue weighted by Crippen LogP contribution is -2.31. The van der Waals surface area contributed by atoms with Crippen LogP contribution in [0.4, 0.5) is 13.2 Å². The van der Waals surface area contributed by atoms with Gasteiger partial charge in [0.15, 0.2) is 11.6 Å². The zero-order valence-electron chi connectivity index (χ0n) is 10.2. The van der Waals surface area contributed by atoms with E-state index in [2.05, 4.69) is 15.8 Å².